The van der Waals surface area contributed by atoms with E-state index in [4.69, 9.17) is 4.74 Å². The molecule has 0 atom stereocenters. The molecular weight excluding hydrogens is 795 g/mol. The van der Waals surface area contributed by atoms with E-state index >= 15 is 0 Å². The van der Waals surface area contributed by atoms with Crippen LogP contribution in [0.1, 0.15) is 200 Å². The molecule has 0 aromatic heterocycles. The highest BCUT2D eigenvalue weighted by atomic mass is 19.1. The summed E-state index contributed by atoms with van der Waals surface area (Å²) in [4.78, 5) is 9.87. The van der Waals surface area contributed by atoms with E-state index in [9.17, 15) is 8.78 Å². The molecule has 4 aliphatic rings. The first-order chi connectivity index (χ1) is 29.3. The van der Waals surface area contributed by atoms with Crippen LogP contribution in [0, 0.1) is 45.7 Å². The quantitative estimate of drug-likeness (QED) is 0.246. The molecule has 0 amide bonds. The summed E-state index contributed by atoms with van der Waals surface area (Å²) in [6.45, 7) is 59.2. The van der Waals surface area contributed by atoms with E-state index in [1.807, 2.05) is 26.8 Å². The SMILES string of the molecule is CC.CC(C)(C)CC1CCCCC1.CC(C)(C)CCN1CC(C)(F)C1.CC(C)(C)CCN1CCOCC1.CCCN1CCN(CC(C)(C)C)CC1.Cc1cc(F)cc(CC(C)(C)C)c1. The minimum absolute atomic E-state index is 0.126. The lowest BCUT2D eigenvalue weighted by atomic mass is 9.78. The fourth-order valence-corrected chi connectivity index (χ4v) is 8.80. The van der Waals surface area contributed by atoms with Crippen molar-refractivity contribution in [2.75, 3.05) is 91.8 Å². The molecule has 380 valence electrons. The Bertz CT molecular complexity index is 1260. The van der Waals surface area contributed by atoms with E-state index in [0.717, 1.165) is 62.7 Å². The first-order valence-electron chi connectivity index (χ1n) is 26.2. The van der Waals surface area contributed by atoms with Gasteiger partial charge in [0.1, 0.15) is 11.5 Å². The van der Waals surface area contributed by atoms with Crippen molar-refractivity contribution in [3.8, 4) is 0 Å². The summed E-state index contributed by atoms with van der Waals surface area (Å²) in [6, 6.07) is 5.23. The number of morpholine rings is 1. The summed E-state index contributed by atoms with van der Waals surface area (Å²) < 4.78 is 31.3. The van der Waals surface area contributed by atoms with Crippen LogP contribution in [0.5, 0.6) is 0 Å². The fourth-order valence-electron chi connectivity index (χ4n) is 8.80. The molecule has 7 heteroatoms. The topological polar surface area (TPSA) is 22.2 Å². The second kappa shape index (κ2) is 30.4. The van der Waals surface area contributed by atoms with Crippen LogP contribution in [0.3, 0.4) is 0 Å². The highest BCUT2D eigenvalue weighted by Gasteiger charge is 2.38. The minimum atomic E-state index is -0.905. The van der Waals surface area contributed by atoms with Crippen molar-refractivity contribution in [2.45, 2.75) is 208 Å². The number of likely N-dealkylation sites (tertiary alicyclic amines) is 1. The average molecular weight is 908 g/mol. The predicted octanol–water partition coefficient (Wildman–Crippen LogP) is 15.0. The molecule has 0 spiro atoms. The van der Waals surface area contributed by atoms with Crippen LogP contribution in [0.4, 0.5) is 8.78 Å². The smallest absolute Gasteiger partial charge is 0.133 e. The number of hydrogen-bond donors (Lipinski definition) is 0. The van der Waals surface area contributed by atoms with Gasteiger partial charge in [0, 0.05) is 58.9 Å². The summed E-state index contributed by atoms with van der Waals surface area (Å²) in [5, 5.41) is 0. The van der Waals surface area contributed by atoms with Gasteiger partial charge in [-0.3, -0.25) is 9.80 Å². The standard InChI is InChI=1S/C12H17F.C12H26N2.C11H22.C10H20FN.C10H21NO.C2H6/c1-9-5-10(7-11(13)6-9)8-12(2,3)4;1-5-6-13-7-9-14(10-8-13)11-12(2,3)4;1-11(2,3)9-10-7-5-4-6-8-10;1-9(2,3)5-6-12-7-10(4,11)8-12;1-10(2,3)4-5-11-6-8-12-9-7-11;1-2/h5-7H,8H2,1-4H3;5-11H2,1-4H3;10H,4-9H2,1-3H3;5-8H2,1-4H3;4-9H2,1-3H3;1-2H3. The van der Waals surface area contributed by atoms with E-state index in [1.54, 1.807) is 19.1 Å². The molecule has 3 heterocycles. The lowest BCUT2D eigenvalue weighted by Crippen LogP contribution is -2.57. The maximum atomic E-state index is 13.0. The predicted molar refractivity (Wildman–Crippen MR) is 280 cm³/mol. The minimum Gasteiger partial charge on any atom is -0.379 e. The van der Waals surface area contributed by atoms with Gasteiger partial charge in [-0.05, 0) is 122 Å². The third kappa shape index (κ3) is 36.9. The molecule has 0 bridgehead atoms. The number of ether oxygens (including phenoxy) is 1. The number of hydrogen-bond acceptors (Lipinski definition) is 5. The summed E-state index contributed by atoms with van der Waals surface area (Å²) >= 11 is 0. The molecule has 1 aromatic rings. The van der Waals surface area contributed by atoms with Gasteiger partial charge >= 0.3 is 0 Å². The van der Waals surface area contributed by atoms with Crippen molar-refractivity contribution < 1.29 is 13.5 Å². The Morgan fingerprint density at radius 1 is 0.594 bits per heavy atom. The average Bonchev–Trinajstić information content (AvgIpc) is 3.13. The van der Waals surface area contributed by atoms with Crippen LogP contribution in [-0.2, 0) is 11.2 Å². The van der Waals surface area contributed by atoms with E-state index in [1.165, 1.54) is 97.2 Å². The molecule has 3 aliphatic heterocycles. The van der Waals surface area contributed by atoms with Crippen molar-refractivity contribution in [3.63, 3.8) is 0 Å². The Hall–Kier alpha value is -1.12. The van der Waals surface area contributed by atoms with Crippen LogP contribution < -0.4 is 0 Å². The summed E-state index contributed by atoms with van der Waals surface area (Å²) in [5.74, 6) is 0.919. The number of rotatable bonds is 9. The molecule has 1 saturated carbocycles. The van der Waals surface area contributed by atoms with Gasteiger partial charge in [-0.2, -0.15) is 0 Å². The summed E-state index contributed by atoms with van der Waals surface area (Å²) in [7, 11) is 0. The number of halogens is 2. The first-order valence-corrected chi connectivity index (χ1v) is 26.2. The zero-order valence-corrected chi connectivity index (χ0v) is 46.7. The zero-order valence-electron chi connectivity index (χ0n) is 46.7. The van der Waals surface area contributed by atoms with Crippen molar-refractivity contribution in [3.05, 3.63) is 35.1 Å². The van der Waals surface area contributed by atoms with Gasteiger partial charge in [0.25, 0.3) is 0 Å². The van der Waals surface area contributed by atoms with E-state index < -0.39 is 5.67 Å². The third-order valence-corrected chi connectivity index (χ3v) is 11.7. The second-order valence-corrected chi connectivity index (χ2v) is 26.0. The van der Waals surface area contributed by atoms with E-state index in [-0.39, 0.29) is 11.2 Å². The van der Waals surface area contributed by atoms with Gasteiger partial charge in [0.05, 0.1) is 13.2 Å². The van der Waals surface area contributed by atoms with E-state index in [2.05, 4.69) is 130 Å². The fraction of sp³-hybridized carbons (Fsp3) is 0.895. The van der Waals surface area contributed by atoms with Crippen LogP contribution >= 0.6 is 0 Å². The lowest BCUT2D eigenvalue weighted by molar-refractivity contribution is -0.0220. The van der Waals surface area contributed by atoms with Gasteiger partial charge in [-0.25, -0.2) is 8.78 Å². The molecule has 0 N–H and O–H groups in total. The highest BCUT2D eigenvalue weighted by Crippen LogP contribution is 2.34. The Morgan fingerprint density at radius 2 is 1.06 bits per heavy atom. The largest absolute Gasteiger partial charge is 0.379 e. The van der Waals surface area contributed by atoms with Crippen LogP contribution in [0.2, 0.25) is 0 Å². The monoisotopic (exact) mass is 907 g/mol. The maximum absolute atomic E-state index is 13.0. The van der Waals surface area contributed by atoms with E-state index in [0.29, 0.717) is 34.7 Å². The Morgan fingerprint density at radius 3 is 1.47 bits per heavy atom. The first kappa shape index (κ1) is 62.9. The van der Waals surface area contributed by atoms with Gasteiger partial charge < -0.3 is 14.5 Å². The Kier molecular flexibility index (Phi) is 29.9. The zero-order chi connectivity index (χ0) is 49.4. The molecule has 0 unspecified atom stereocenters. The van der Waals surface area contributed by atoms with Crippen molar-refractivity contribution in [2.24, 2.45) is 33.0 Å². The molecule has 1 aliphatic carbocycles. The molecular formula is C57H112F2N4O. The van der Waals surface area contributed by atoms with Crippen LogP contribution in [-0.4, -0.2) is 117 Å². The number of piperazine rings is 1. The molecule has 3 saturated heterocycles. The van der Waals surface area contributed by atoms with Gasteiger partial charge in [-0.1, -0.05) is 163 Å². The highest BCUT2D eigenvalue weighted by molar-refractivity contribution is 5.24. The summed E-state index contributed by atoms with van der Waals surface area (Å²) in [6.07, 6.45) is 13.5. The number of aryl methyl sites for hydroxylation is 1. The summed E-state index contributed by atoms with van der Waals surface area (Å²) in [5.41, 5.74) is 3.26. The van der Waals surface area contributed by atoms with Gasteiger partial charge in [0.2, 0.25) is 0 Å². The van der Waals surface area contributed by atoms with Crippen LogP contribution in [0.15, 0.2) is 18.2 Å². The lowest BCUT2D eigenvalue weighted by Gasteiger charge is -2.43. The second-order valence-electron chi connectivity index (χ2n) is 26.0. The normalized spacial score (nSPS) is 19.4. The Labute approximate surface area is 400 Å². The third-order valence-electron chi connectivity index (χ3n) is 11.7. The molecule has 4 fully saturated rings. The Balaban J connectivity index is 0.000000769. The molecule has 64 heavy (non-hydrogen) atoms. The maximum Gasteiger partial charge on any atom is 0.133 e. The van der Waals surface area contributed by atoms with Crippen molar-refractivity contribution >= 4 is 0 Å². The number of benzene rings is 1. The van der Waals surface area contributed by atoms with Gasteiger partial charge in [0.15, 0.2) is 0 Å². The molecule has 0 radical (unpaired) electrons. The molecule has 5 nitrogen and oxygen atoms in total. The van der Waals surface area contributed by atoms with Crippen LogP contribution in [0.25, 0.3) is 0 Å². The molecule has 1 aromatic carbocycles. The molecule has 5 rings (SSSR count). The number of alkyl halides is 1. The number of nitrogens with zero attached hydrogens (tertiary/aromatic N) is 4. The van der Waals surface area contributed by atoms with Gasteiger partial charge in [-0.15, -0.1) is 0 Å². The van der Waals surface area contributed by atoms with Crippen molar-refractivity contribution in [1.29, 1.82) is 0 Å². The van der Waals surface area contributed by atoms with Crippen molar-refractivity contribution in [1.82, 2.24) is 19.6 Å².